The van der Waals surface area contributed by atoms with Crippen LogP contribution in [0.25, 0.3) is 0 Å². The van der Waals surface area contributed by atoms with Gasteiger partial charge in [0.1, 0.15) is 0 Å². The summed E-state index contributed by atoms with van der Waals surface area (Å²) in [4.78, 5) is 11.6. The van der Waals surface area contributed by atoms with Crippen LogP contribution in [0.1, 0.15) is 24.8 Å². The van der Waals surface area contributed by atoms with Crippen molar-refractivity contribution in [2.75, 3.05) is 11.9 Å². The third kappa shape index (κ3) is 3.07. The molecule has 86 valence electrons. The van der Waals surface area contributed by atoms with Crippen LogP contribution in [0.15, 0.2) is 24.3 Å². The average molecular weight is 218 g/mol. The maximum atomic E-state index is 11.6. The Morgan fingerprint density at radius 2 is 2.00 bits per heavy atom. The summed E-state index contributed by atoms with van der Waals surface area (Å²) in [5.41, 5.74) is 2.07. The molecular formula is C13H18N2O. The van der Waals surface area contributed by atoms with Crippen molar-refractivity contribution in [3.05, 3.63) is 29.8 Å². The van der Waals surface area contributed by atoms with E-state index in [1.165, 1.54) is 24.8 Å². The molecule has 1 saturated carbocycles. The molecule has 0 unspecified atom stereocenters. The Morgan fingerprint density at radius 3 is 2.56 bits per heavy atom. The van der Waals surface area contributed by atoms with E-state index in [0.717, 1.165) is 5.69 Å². The summed E-state index contributed by atoms with van der Waals surface area (Å²) in [5, 5.41) is 6.11. The third-order valence-electron chi connectivity index (χ3n) is 2.99. The number of benzene rings is 1. The first-order valence-corrected chi connectivity index (χ1v) is 5.84. The van der Waals surface area contributed by atoms with E-state index >= 15 is 0 Å². The highest BCUT2D eigenvalue weighted by molar-refractivity contribution is 5.92. The van der Waals surface area contributed by atoms with Crippen LogP contribution in [0.3, 0.4) is 0 Å². The van der Waals surface area contributed by atoms with Crippen LogP contribution in [0.2, 0.25) is 0 Å². The second-order valence-electron chi connectivity index (χ2n) is 4.42. The number of carbonyl (C=O) groups excluding carboxylic acids is 1. The molecule has 3 heteroatoms. The molecule has 3 nitrogen and oxygen atoms in total. The first-order chi connectivity index (χ1) is 7.74. The van der Waals surface area contributed by atoms with Gasteiger partial charge in [-0.15, -0.1) is 0 Å². The Kier molecular flexibility index (Phi) is 3.57. The highest BCUT2D eigenvalue weighted by atomic mass is 16.1. The van der Waals surface area contributed by atoms with Gasteiger partial charge in [-0.05, 0) is 31.9 Å². The molecular weight excluding hydrogens is 200 g/mol. The van der Waals surface area contributed by atoms with Gasteiger partial charge in [0.05, 0.1) is 6.54 Å². The summed E-state index contributed by atoms with van der Waals surface area (Å²) in [6.07, 6.45) is 3.70. The Bertz CT molecular complexity index is 355. The van der Waals surface area contributed by atoms with Gasteiger partial charge in [-0.25, -0.2) is 0 Å². The molecule has 0 radical (unpaired) electrons. The van der Waals surface area contributed by atoms with Crippen molar-refractivity contribution in [3.8, 4) is 0 Å². The fraction of sp³-hybridized carbons (Fsp3) is 0.462. The molecule has 0 bridgehead atoms. The van der Waals surface area contributed by atoms with Crippen molar-refractivity contribution in [2.45, 2.75) is 32.2 Å². The van der Waals surface area contributed by atoms with E-state index in [9.17, 15) is 4.79 Å². The van der Waals surface area contributed by atoms with Gasteiger partial charge in [0, 0.05) is 11.7 Å². The van der Waals surface area contributed by atoms with E-state index < -0.39 is 0 Å². The van der Waals surface area contributed by atoms with Crippen LogP contribution in [0.4, 0.5) is 5.69 Å². The summed E-state index contributed by atoms with van der Waals surface area (Å²) in [6, 6.07) is 8.40. The minimum Gasteiger partial charge on any atom is -0.325 e. The molecule has 2 rings (SSSR count). The van der Waals surface area contributed by atoms with Crippen molar-refractivity contribution in [1.82, 2.24) is 5.32 Å². The number of anilines is 1. The Morgan fingerprint density at radius 1 is 1.31 bits per heavy atom. The van der Waals surface area contributed by atoms with Crippen LogP contribution in [0.5, 0.6) is 0 Å². The molecule has 0 spiro atoms. The van der Waals surface area contributed by atoms with Crippen LogP contribution in [-0.4, -0.2) is 18.5 Å². The first-order valence-electron chi connectivity index (χ1n) is 5.84. The highest BCUT2D eigenvalue weighted by Crippen LogP contribution is 2.17. The van der Waals surface area contributed by atoms with Gasteiger partial charge in [-0.3, -0.25) is 4.79 Å². The van der Waals surface area contributed by atoms with Crippen LogP contribution < -0.4 is 10.6 Å². The van der Waals surface area contributed by atoms with Crippen molar-refractivity contribution in [2.24, 2.45) is 0 Å². The highest BCUT2D eigenvalue weighted by Gasteiger charge is 2.17. The molecule has 1 aliphatic rings. The molecule has 2 N–H and O–H groups in total. The molecule has 1 aliphatic carbocycles. The van der Waals surface area contributed by atoms with E-state index in [1.54, 1.807) is 0 Å². The summed E-state index contributed by atoms with van der Waals surface area (Å²) in [7, 11) is 0. The monoisotopic (exact) mass is 218 g/mol. The van der Waals surface area contributed by atoms with E-state index in [1.807, 2.05) is 31.2 Å². The molecule has 1 aromatic carbocycles. The van der Waals surface area contributed by atoms with E-state index in [0.29, 0.717) is 12.6 Å². The van der Waals surface area contributed by atoms with Gasteiger partial charge in [-0.2, -0.15) is 0 Å². The van der Waals surface area contributed by atoms with Crippen LogP contribution in [-0.2, 0) is 4.79 Å². The number of amides is 1. The minimum absolute atomic E-state index is 0.0377. The standard InChI is InChI=1S/C13H18N2O/c1-10-5-7-12(8-6-10)15-13(16)9-14-11-3-2-4-11/h5-8,11,14H,2-4,9H2,1H3,(H,15,16). The third-order valence-corrected chi connectivity index (χ3v) is 2.99. The first kappa shape index (κ1) is 11.1. The molecule has 1 fully saturated rings. The lowest BCUT2D eigenvalue weighted by Crippen LogP contribution is -2.40. The molecule has 0 atom stereocenters. The zero-order valence-electron chi connectivity index (χ0n) is 9.62. The molecule has 16 heavy (non-hydrogen) atoms. The maximum Gasteiger partial charge on any atom is 0.238 e. The summed E-state index contributed by atoms with van der Waals surface area (Å²) < 4.78 is 0. The van der Waals surface area contributed by atoms with Crippen molar-refractivity contribution < 1.29 is 4.79 Å². The fourth-order valence-corrected chi connectivity index (χ4v) is 1.69. The Balaban J connectivity index is 1.75. The normalized spacial score (nSPS) is 15.6. The molecule has 0 saturated heterocycles. The molecule has 0 aliphatic heterocycles. The topological polar surface area (TPSA) is 41.1 Å². The second kappa shape index (κ2) is 5.12. The summed E-state index contributed by atoms with van der Waals surface area (Å²) in [6.45, 7) is 2.45. The van der Waals surface area contributed by atoms with Gasteiger partial charge in [-0.1, -0.05) is 24.1 Å². The van der Waals surface area contributed by atoms with Gasteiger partial charge in [0.2, 0.25) is 5.91 Å². The number of rotatable bonds is 4. The lowest BCUT2D eigenvalue weighted by atomic mass is 9.93. The van der Waals surface area contributed by atoms with E-state index in [-0.39, 0.29) is 5.91 Å². The number of hydrogen-bond donors (Lipinski definition) is 2. The Labute approximate surface area is 96.2 Å². The number of aryl methyl sites for hydroxylation is 1. The smallest absolute Gasteiger partial charge is 0.238 e. The lowest BCUT2D eigenvalue weighted by Gasteiger charge is -2.26. The van der Waals surface area contributed by atoms with Crippen molar-refractivity contribution in [1.29, 1.82) is 0 Å². The lowest BCUT2D eigenvalue weighted by molar-refractivity contribution is -0.115. The average Bonchev–Trinajstić information content (AvgIpc) is 2.19. The summed E-state index contributed by atoms with van der Waals surface area (Å²) >= 11 is 0. The zero-order valence-corrected chi connectivity index (χ0v) is 9.62. The van der Waals surface area contributed by atoms with Crippen molar-refractivity contribution in [3.63, 3.8) is 0 Å². The summed E-state index contributed by atoms with van der Waals surface area (Å²) in [5.74, 6) is 0.0377. The minimum atomic E-state index is 0.0377. The van der Waals surface area contributed by atoms with Crippen LogP contribution in [0, 0.1) is 6.92 Å². The van der Waals surface area contributed by atoms with Crippen molar-refractivity contribution >= 4 is 11.6 Å². The predicted molar refractivity (Wildman–Crippen MR) is 65.5 cm³/mol. The molecule has 1 amide bonds. The number of carbonyl (C=O) groups is 1. The van der Waals surface area contributed by atoms with E-state index in [4.69, 9.17) is 0 Å². The van der Waals surface area contributed by atoms with Gasteiger partial charge in [0.15, 0.2) is 0 Å². The quantitative estimate of drug-likeness (QED) is 0.812. The predicted octanol–water partition coefficient (Wildman–Crippen LogP) is 2.08. The van der Waals surface area contributed by atoms with Gasteiger partial charge >= 0.3 is 0 Å². The number of hydrogen-bond acceptors (Lipinski definition) is 2. The second-order valence-corrected chi connectivity index (χ2v) is 4.42. The number of nitrogens with one attached hydrogen (secondary N) is 2. The SMILES string of the molecule is Cc1ccc(NC(=O)CNC2CCC2)cc1. The maximum absolute atomic E-state index is 11.6. The zero-order chi connectivity index (χ0) is 11.4. The van der Waals surface area contributed by atoms with E-state index in [2.05, 4.69) is 10.6 Å². The molecule has 1 aromatic rings. The largest absolute Gasteiger partial charge is 0.325 e. The van der Waals surface area contributed by atoms with Gasteiger partial charge < -0.3 is 10.6 Å². The molecule has 0 heterocycles. The Hall–Kier alpha value is -1.35. The molecule has 0 aromatic heterocycles. The fourth-order valence-electron chi connectivity index (χ4n) is 1.69. The van der Waals surface area contributed by atoms with Crippen LogP contribution >= 0.6 is 0 Å². The van der Waals surface area contributed by atoms with Gasteiger partial charge in [0.25, 0.3) is 0 Å².